The molecule has 3 aliphatic rings. The van der Waals surface area contributed by atoms with E-state index >= 15 is 0 Å². The van der Waals surface area contributed by atoms with E-state index < -0.39 is 5.41 Å². The number of para-hydroxylation sites is 1. The van der Waals surface area contributed by atoms with Crippen LogP contribution in [-0.2, 0) is 10.8 Å². The number of hydrogen-bond donors (Lipinski definition) is 0. The molecule has 15 rings (SSSR count). The van der Waals surface area contributed by atoms with E-state index in [1.165, 1.54) is 89.0 Å². The fourth-order valence-electron chi connectivity index (χ4n) is 13.1. The maximum Gasteiger partial charge on any atom is 0.137 e. The lowest BCUT2D eigenvalue weighted by molar-refractivity contribution is 0.660. The Hall–Kier alpha value is -8.98. The molecule has 0 unspecified atom stereocenters. The molecule has 11 aromatic carbocycles. The van der Waals surface area contributed by atoms with Gasteiger partial charge in [0.15, 0.2) is 0 Å². The predicted molar refractivity (Wildman–Crippen MR) is 299 cm³/mol. The van der Waals surface area contributed by atoms with Crippen LogP contribution in [0.3, 0.4) is 0 Å². The van der Waals surface area contributed by atoms with Crippen LogP contribution < -0.4 is 4.90 Å². The van der Waals surface area contributed by atoms with Crippen LogP contribution in [0.1, 0.15) is 47.2 Å². The number of hydrogen-bond acceptors (Lipinski definition) is 2. The molecule has 12 aromatic rings. The van der Waals surface area contributed by atoms with Crippen LogP contribution in [0.25, 0.3) is 88.7 Å². The molecule has 0 saturated carbocycles. The van der Waals surface area contributed by atoms with E-state index in [0.29, 0.717) is 0 Å². The zero-order valence-corrected chi connectivity index (χ0v) is 40.0. The summed E-state index contributed by atoms with van der Waals surface area (Å²) in [5, 5.41) is 2.18. The van der Waals surface area contributed by atoms with E-state index in [9.17, 15) is 0 Å². The van der Waals surface area contributed by atoms with Gasteiger partial charge in [0, 0.05) is 22.2 Å². The summed E-state index contributed by atoms with van der Waals surface area (Å²) in [6, 6.07) is 92.1. The Morgan fingerprint density at radius 2 is 0.833 bits per heavy atom. The second-order valence-electron chi connectivity index (χ2n) is 20.3. The first-order valence-electron chi connectivity index (χ1n) is 25.2. The summed E-state index contributed by atoms with van der Waals surface area (Å²) < 4.78 is 6.55. The standard InChI is InChI=1S/C70H47NO/c1-69(2)60-38-39-61-67(54-24-11-15-28-59(54)70(61)57-26-13-9-22-52(57)53-23-10-14-27-58(53)70)66(60)55-37-34-47(43-62(55)69)49-40-48(45-20-7-4-8-21-45)41-51(42-49)71(50-35-32-46(33-36-50)44-18-5-3-6-19-44)63-29-17-31-65-68(63)56-25-12-16-30-64(56)72-65/h3-43H,1-2H3. The Balaban J connectivity index is 0.937. The van der Waals surface area contributed by atoms with E-state index in [1.54, 1.807) is 0 Å². The molecular formula is C70H47NO. The van der Waals surface area contributed by atoms with Gasteiger partial charge in [0.2, 0.25) is 0 Å². The van der Waals surface area contributed by atoms with Gasteiger partial charge in [-0.05, 0) is 155 Å². The molecule has 2 heteroatoms. The van der Waals surface area contributed by atoms with E-state index in [4.69, 9.17) is 4.42 Å². The first-order chi connectivity index (χ1) is 35.5. The molecular weight excluding hydrogens is 871 g/mol. The van der Waals surface area contributed by atoms with Crippen molar-refractivity contribution < 1.29 is 4.42 Å². The largest absolute Gasteiger partial charge is 0.456 e. The quantitative estimate of drug-likeness (QED) is 0.165. The number of anilines is 3. The van der Waals surface area contributed by atoms with Crippen molar-refractivity contribution in [2.24, 2.45) is 0 Å². The average Bonchev–Trinajstić information content (AvgIpc) is 4.14. The Morgan fingerprint density at radius 1 is 0.319 bits per heavy atom. The lowest BCUT2D eigenvalue weighted by Crippen LogP contribution is -2.26. The van der Waals surface area contributed by atoms with Gasteiger partial charge in [-0.1, -0.05) is 208 Å². The second kappa shape index (κ2) is 15.3. The van der Waals surface area contributed by atoms with Gasteiger partial charge in [-0.2, -0.15) is 0 Å². The van der Waals surface area contributed by atoms with Crippen LogP contribution in [0.15, 0.2) is 253 Å². The van der Waals surface area contributed by atoms with Crippen LogP contribution in [0.5, 0.6) is 0 Å². The molecule has 338 valence electrons. The van der Waals surface area contributed by atoms with Crippen molar-refractivity contribution >= 4 is 39.0 Å². The highest BCUT2D eigenvalue weighted by Gasteiger charge is 2.53. The van der Waals surface area contributed by atoms with Crippen molar-refractivity contribution in [3.8, 4) is 66.8 Å². The molecule has 0 atom stereocenters. The third-order valence-electron chi connectivity index (χ3n) is 16.3. The molecule has 0 N–H and O–H groups in total. The normalized spacial score (nSPS) is 13.9. The van der Waals surface area contributed by atoms with Crippen molar-refractivity contribution in [1.29, 1.82) is 0 Å². The Kier molecular flexibility index (Phi) is 8.66. The summed E-state index contributed by atoms with van der Waals surface area (Å²) in [4.78, 5) is 2.43. The van der Waals surface area contributed by atoms with E-state index in [2.05, 4.69) is 261 Å². The number of rotatable bonds is 6. The molecule has 0 radical (unpaired) electrons. The number of furan rings is 1. The molecule has 1 spiro atoms. The SMILES string of the molecule is CC1(C)c2cc(-c3cc(-c4ccccc4)cc(N(c4ccc(-c5ccccc5)cc4)c4cccc5oc6ccccc6c45)c3)ccc2-c2c1ccc1c2-c2ccccc2C12c1ccccc1-c1ccccc12. The second-order valence-corrected chi connectivity index (χ2v) is 20.3. The van der Waals surface area contributed by atoms with Crippen molar-refractivity contribution in [2.45, 2.75) is 24.7 Å². The number of fused-ring (bicyclic) bond motifs is 17. The first-order valence-corrected chi connectivity index (χ1v) is 25.2. The lowest BCUT2D eigenvalue weighted by atomic mass is 9.70. The summed E-state index contributed by atoms with van der Waals surface area (Å²) in [7, 11) is 0. The summed E-state index contributed by atoms with van der Waals surface area (Å²) in [5.74, 6) is 0. The predicted octanol–water partition coefficient (Wildman–Crippen LogP) is 18.7. The zero-order valence-electron chi connectivity index (χ0n) is 40.0. The van der Waals surface area contributed by atoms with E-state index in [1.807, 2.05) is 6.07 Å². The first kappa shape index (κ1) is 40.9. The number of nitrogens with zero attached hydrogens (tertiary/aromatic N) is 1. The van der Waals surface area contributed by atoms with Gasteiger partial charge in [0.25, 0.3) is 0 Å². The van der Waals surface area contributed by atoms with Gasteiger partial charge < -0.3 is 9.32 Å². The molecule has 1 aromatic heterocycles. The van der Waals surface area contributed by atoms with E-state index in [0.717, 1.165) is 50.1 Å². The summed E-state index contributed by atoms with van der Waals surface area (Å²) in [5.41, 5.74) is 27.6. The van der Waals surface area contributed by atoms with Gasteiger partial charge in [-0.3, -0.25) is 0 Å². The molecule has 0 aliphatic heterocycles. The Bertz CT molecular complexity index is 4130. The third kappa shape index (κ3) is 5.66. The van der Waals surface area contributed by atoms with Crippen LogP contribution >= 0.6 is 0 Å². The maximum atomic E-state index is 6.55. The fourth-order valence-corrected chi connectivity index (χ4v) is 13.1. The third-order valence-corrected chi connectivity index (χ3v) is 16.3. The van der Waals surface area contributed by atoms with Gasteiger partial charge in [-0.25, -0.2) is 0 Å². The molecule has 0 amide bonds. The molecule has 0 fully saturated rings. The van der Waals surface area contributed by atoms with Crippen molar-refractivity contribution in [2.75, 3.05) is 4.90 Å². The maximum absolute atomic E-state index is 6.55. The molecule has 1 heterocycles. The Morgan fingerprint density at radius 3 is 1.54 bits per heavy atom. The van der Waals surface area contributed by atoms with Crippen LogP contribution in [-0.4, -0.2) is 0 Å². The molecule has 3 aliphatic carbocycles. The number of benzene rings is 11. The van der Waals surface area contributed by atoms with Gasteiger partial charge in [0.05, 0.1) is 16.5 Å². The minimum absolute atomic E-state index is 0.254. The minimum Gasteiger partial charge on any atom is -0.456 e. The highest BCUT2D eigenvalue weighted by atomic mass is 16.3. The lowest BCUT2D eigenvalue weighted by Gasteiger charge is -2.31. The highest BCUT2D eigenvalue weighted by molar-refractivity contribution is 6.13. The van der Waals surface area contributed by atoms with Crippen molar-refractivity contribution in [1.82, 2.24) is 0 Å². The van der Waals surface area contributed by atoms with Crippen LogP contribution in [0.2, 0.25) is 0 Å². The molecule has 2 nitrogen and oxygen atoms in total. The van der Waals surface area contributed by atoms with Crippen molar-refractivity contribution in [3.05, 3.63) is 282 Å². The topological polar surface area (TPSA) is 16.4 Å². The molecule has 72 heavy (non-hydrogen) atoms. The highest BCUT2D eigenvalue weighted by Crippen LogP contribution is 2.66. The van der Waals surface area contributed by atoms with Gasteiger partial charge in [0.1, 0.15) is 11.2 Å². The summed E-state index contributed by atoms with van der Waals surface area (Å²) in [6.07, 6.45) is 0. The molecule has 0 saturated heterocycles. The fraction of sp³-hybridized carbons (Fsp3) is 0.0571. The molecule has 0 bridgehead atoms. The van der Waals surface area contributed by atoms with Crippen LogP contribution in [0, 0.1) is 0 Å². The van der Waals surface area contributed by atoms with Gasteiger partial charge >= 0.3 is 0 Å². The minimum atomic E-state index is -0.393. The average molecular weight is 918 g/mol. The monoisotopic (exact) mass is 917 g/mol. The van der Waals surface area contributed by atoms with Crippen LogP contribution in [0.4, 0.5) is 17.1 Å². The van der Waals surface area contributed by atoms with Crippen molar-refractivity contribution in [3.63, 3.8) is 0 Å². The smallest absolute Gasteiger partial charge is 0.137 e. The summed E-state index contributed by atoms with van der Waals surface area (Å²) >= 11 is 0. The van der Waals surface area contributed by atoms with Gasteiger partial charge in [-0.15, -0.1) is 0 Å². The zero-order chi connectivity index (χ0) is 47.7. The summed E-state index contributed by atoms with van der Waals surface area (Å²) in [6.45, 7) is 4.85. The van der Waals surface area contributed by atoms with E-state index in [-0.39, 0.29) is 5.41 Å². The Labute approximate surface area is 419 Å².